The number of pyridine rings is 1. The van der Waals surface area contributed by atoms with E-state index in [4.69, 9.17) is 4.74 Å². The number of nitrogens with zero attached hydrogens (tertiary/aromatic N) is 1. The van der Waals surface area contributed by atoms with Crippen LogP contribution in [-0.4, -0.2) is 18.6 Å². The highest BCUT2D eigenvalue weighted by Gasteiger charge is 2.14. The molecule has 0 atom stereocenters. The normalized spacial score (nSPS) is 11.2. The molecule has 0 aliphatic carbocycles. The van der Waals surface area contributed by atoms with Crippen LogP contribution >= 0.6 is 0 Å². The molecule has 0 aliphatic rings. The molecule has 0 amide bonds. The molecule has 0 saturated heterocycles. The predicted octanol–water partition coefficient (Wildman–Crippen LogP) is 2.94. The Bertz CT molecular complexity index is 293. The first kappa shape index (κ1) is 11.8. The molecule has 1 heterocycles. The molecule has 0 aliphatic heterocycles. The maximum Gasteiger partial charge on any atom is 0.137 e. The minimum absolute atomic E-state index is 0.307. The SMILES string of the molecule is CCC(C)(C)CNc1ccc(OC)cn1. The molecule has 0 spiro atoms. The fourth-order valence-electron chi connectivity index (χ4n) is 1.06. The van der Waals surface area contributed by atoms with E-state index < -0.39 is 0 Å². The monoisotopic (exact) mass is 208 g/mol. The summed E-state index contributed by atoms with van der Waals surface area (Å²) in [5.41, 5.74) is 0.307. The summed E-state index contributed by atoms with van der Waals surface area (Å²) in [5.74, 6) is 1.69. The van der Waals surface area contributed by atoms with Gasteiger partial charge >= 0.3 is 0 Å². The molecule has 0 radical (unpaired) electrons. The summed E-state index contributed by atoms with van der Waals surface area (Å²) in [5, 5.41) is 3.32. The average Bonchev–Trinajstić information content (AvgIpc) is 2.27. The molecule has 0 unspecified atom stereocenters. The number of ether oxygens (including phenoxy) is 1. The van der Waals surface area contributed by atoms with Crippen LogP contribution in [0, 0.1) is 5.41 Å². The Kier molecular flexibility index (Phi) is 3.95. The Morgan fingerprint density at radius 1 is 1.40 bits per heavy atom. The largest absolute Gasteiger partial charge is 0.495 e. The van der Waals surface area contributed by atoms with E-state index in [0.29, 0.717) is 5.41 Å². The van der Waals surface area contributed by atoms with E-state index in [1.54, 1.807) is 13.3 Å². The fraction of sp³-hybridized carbons (Fsp3) is 0.583. The van der Waals surface area contributed by atoms with Crippen molar-refractivity contribution in [3.8, 4) is 5.75 Å². The number of rotatable bonds is 5. The molecule has 15 heavy (non-hydrogen) atoms. The van der Waals surface area contributed by atoms with Crippen molar-refractivity contribution in [2.24, 2.45) is 5.41 Å². The van der Waals surface area contributed by atoms with Crippen LogP contribution in [0.1, 0.15) is 27.2 Å². The molecule has 1 aromatic rings. The second kappa shape index (κ2) is 5.01. The van der Waals surface area contributed by atoms with Crippen LogP contribution < -0.4 is 10.1 Å². The topological polar surface area (TPSA) is 34.1 Å². The van der Waals surface area contributed by atoms with Crippen LogP contribution in [0.3, 0.4) is 0 Å². The maximum atomic E-state index is 5.05. The van der Waals surface area contributed by atoms with Gasteiger partial charge in [0.05, 0.1) is 13.3 Å². The highest BCUT2D eigenvalue weighted by Crippen LogP contribution is 2.20. The Morgan fingerprint density at radius 2 is 2.13 bits per heavy atom. The van der Waals surface area contributed by atoms with Gasteiger partial charge in [-0.15, -0.1) is 0 Å². The Balaban J connectivity index is 2.51. The van der Waals surface area contributed by atoms with Gasteiger partial charge in [-0.1, -0.05) is 20.8 Å². The third kappa shape index (κ3) is 3.78. The zero-order valence-corrected chi connectivity index (χ0v) is 10.0. The van der Waals surface area contributed by atoms with Crippen molar-refractivity contribution in [2.75, 3.05) is 19.0 Å². The van der Waals surface area contributed by atoms with Gasteiger partial charge in [0.2, 0.25) is 0 Å². The number of aromatic nitrogens is 1. The van der Waals surface area contributed by atoms with E-state index >= 15 is 0 Å². The van der Waals surface area contributed by atoms with Crippen molar-refractivity contribution >= 4 is 5.82 Å². The molecule has 84 valence electrons. The summed E-state index contributed by atoms with van der Waals surface area (Å²) >= 11 is 0. The minimum atomic E-state index is 0.307. The Morgan fingerprint density at radius 3 is 2.60 bits per heavy atom. The maximum absolute atomic E-state index is 5.05. The van der Waals surface area contributed by atoms with E-state index in [1.165, 1.54) is 0 Å². The van der Waals surface area contributed by atoms with Gasteiger partial charge in [0.25, 0.3) is 0 Å². The fourth-order valence-corrected chi connectivity index (χ4v) is 1.06. The lowest BCUT2D eigenvalue weighted by molar-refractivity contribution is 0.376. The van der Waals surface area contributed by atoms with Gasteiger partial charge in [-0.2, -0.15) is 0 Å². The summed E-state index contributed by atoms with van der Waals surface area (Å²) in [6.07, 6.45) is 2.87. The molecule has 0 aromatic carbocycles. The van der Waals surface area contributed by atoms with Crippen molar-refractivity contribution in [3.63, 3.8) is 0 Å². The predicted molar refractivity (Wildman–Crippen MR) is 63.4 cm³/mol. The van der Waals surface area contributed by atoms with Crippen LogP contribution in [0.4, 0.5) is 5.82 Å². The summed E-state index contributed by atoms with van der Waals surface area (Å²) in [4.78, 5) is 4.25. The van der Waals surface area contributed by atoms with E-state index in [0.717, 1.165) is 24.5 Å². The molecular formula is C12H20N2O. The smallest absolute Gasteiger partial charge is 0.137 e. The number of hydrogen-bond donors (Lipinski definition) is 1. The Hall–Kier alpha value is -1.25. The lowest BCUT2D eigenvalue weighted by Gasteiger charge is -2.23. The number of anilines is 1. The lowest BCUT2D eigenvalue weighted by Crippen LogP contribution is -2.22. The van der Waals surface area contributed by atoms with Crippen molar-refractivity contribution in [3.05, 3.63) is 18.3 Å². The Labute approximate surface area is 91.9 Å². The van der Waals surface area contributed by atoms with Crippen LogP contribution in [0.15, 0.2) is 18.3 Å². The molecule has 1 N–H and O–H groups in total. The zero-order valence-electron chi connectivity index (χ0n) is 10.0. The molecule has 1 rings (SSSR count). The van der Waals surface area contributed by atoms with Gasteiger partial charge in [0, 0.05) is 6.54 Å². The standard InChI is InChI=1S/C12H20N2O/c1-5-12(2,3)9-14-11-7-6-10(15-4)8-13-11/h6-8H,5,9H2,1-4H3,(H,13,14). The summed E-state index contributed by atoms with van der Waals surface area (Å²) in [7, 11) is 1.64. The average molecular weight is 208 g/mol. The summed E-state index contributed by atoms with van der Waals surface area (Å²) < 4.78 is 5.05. The van der Waals surface area contributed by atoms with Gasteiger partial charge in [-0.25, -0.2) is 4.98 Å². The molecule has 1 aromatic heterocycles. The second-order valence-electron chi connectivity index (χ2n) is 4.45. The molecule has 0 bridgehead atoms. The zero-order chi connectivity index (χ0) is 11.3. The highest BCUT2D eigenvalue weighted by atomic mass is 16.5. The molecular weight excluding hydrogens is 188 g/mol. The molecule has 0 saturated carbocycles. The number of hydrogen-bond acceptors (Lipinski definition) is 3. The van der Waals surface area contributed by atoms with Gasteiger partial charge in [-0.05, 0) is 24.0 Å². The summed E-state index contributed by atoms with van der Waals surface area (Å²) in [6.45, 7) is 7.61. The van der Waals surface area contributed by atoms with E-state index in [1.807, 2.05) is 12.1 Å². The third-order valence-electron chi connectivity index (χ3n) is 2.68. The van der Waals surface area contributed by atoms with Crippen LogP contribution in [0.5, 0.6) is 5.75 Å². The van der Waals surface area contributed by atoms with E-state index in [-0.39, 0.29) is 0 Å². The molecule has 3 nitrogen and oxygen atoms in total. The number of nitrogens with one attached hydrogen (secondary N) is 1. The van der Waals surface area contributed by atoms with Crippen LogP contribution in [0.25, 0.3) is 0 Å². The third-order valence-corrected chi connectivity index (χ3v) is 2.68. The quantitative estimate of drug-likeness (QED) is 0.807. The van der Waals surface area contributed by atoms with Crippen molar-refractivity contribution < 1.29 is 4.74 Å². The van der Waals surface area contributed by atoms with Crippen molar-refractivity contribution in [1.82, 2.24) is 4.98 Å². The first-order valence-electron chi connectivity index (χ1n) is 5.31. The van der Waals surface area contributed by atoms with Gasteiger partial charge < -0.3 is 10.1 Å². The molecule has 0 fully saturated rings. The van der Waals surface area contributed by atoms with Crippen molar-refractivity contribution in [1.29, 1.82) is 0 Å². The first-order chi connectivity index (χ1) is 7.07. The van der Waals surface area contributed by atoms with E-state index in [2.05, 4.69) is 31.1 Å². The van der Waals surface area contributed by atoms with Crippen LogP contribution in [0.2, 0.25) is 0 Å². The summed E-state index contributed by atoms with van der Waals surface area (Å²) in [6, 6.07) is 3.85. The first-order valence-corrected chi connectivity index (χ1v) is 5.31. The number of methoxy groups -OCH3 is 1. The minimum Gasteiger partial charge on any atom is -0.495 e. The van der Waals surface area contributed by atoms with Gasteiger partial charge in [0.15, 0.2) is 0 Å². The highest BCUT2D eigenvalue weighted by molar-refractivity contribution is 5.37. The van der Waals surface area contributed by atoms with Gasteiger partial charge in [0.1, 0.15) is 11.6 Å². The van der Waals surface area contributed by atoms with Crippen molar-refractivity contribution in [2.45, 2.75) is 27.2 Å². The van der Waals surface area contributed by atoms with E-state index in [9.17, 15) is 0 Å². The lowest BCUT2D eigenvalue weighted by atomic mass is 9.90. The van der Waals surface area contributed by atoms with Crippen LogP contribution in [-0.2, 0) is 0 Å². The second-order valence-corrected chi connectivity index (χ2v) is 4.45. The van der Waals surface area contributed by atoms with Gasteiger partial charge in [-0.3, -0.25) is 0 Å². The molecule has 3 heteroatoms.